The molecule has 4 heterocycles. The van der Waals surface area contributed by atoms with E-state index in [4.69, 9.17) is 23.7 Å². The standard InChI is InChI=1S/C55H64N12O28/c68-23-7-17-59-44(79)56-45(80)60(50(59)85)18-12-39(74)91-27-34(69)24-65-53(88)66(25-35(70)28-92-40(75)13-19-61-46(81)57-48(83)63(51(61)86)21-15-42(77)94-30-37(72)32-8-3-1-4-9-32)55(90)67(54(65)89)26-36(71)29-93-41(76)14-20-62-47(82)58-49(84)64(52(62)87)22-16-43(78)95-31-38(73)33-10-5-2-6-11-33/h1-6,8-11,23,34-38,69-73H,7,12-22,24-31H2,(H,56,79,80)(H,57,81,83)(H,58,82,84). The summed E-state index contributed by atoms with van der Waals surface area (Å²) < 4.78 is 28.2. The normalized spacial score (nSPS) is 12.8. The van der Waals surface area contributed by atoms with Crippen LogP contribution in [0.2, 0.25) is 0 Å². The molecule has 0 spiro atoms. The van der Waals surface area contributed by atoms with Gasteiger partial charge in [0.1, 0.15) is 69.8 Å². The summed E-state index contributed by atoms with van der Waals surface area (Å²) in [5.74, 6) is -5.53. The van der Waals surface area contributed by atoms with Gasteiger partial charge in [0.2, 0.25) is 0 Å². The van der Waals surface area contributed by atoms with E-state index in [1.807, 2.05) is 15.0 Å². The maximum atomic E-state index is 13.9. The van der Waals surface area contributed by atoms with E-state index < -0.39 is 253 Å². The second-order valence-electron chi connectivity index (χ2n) is 20.6. The minimum Gasteiger partial charge on any atom is -0.463 e. The van der Waals surface area contributed by atoms with E-state index in [0.29, 0.717) is 44.8 Å². The van der Waals surface area contributed by atoms with Crippen molar-refractivity contribution in [2.24, 2.45) is 0 Å². The molecule has 5 unspecified atom stereocenters. The number of aromatic nitrogens is 12. The number of nitrogens with one attached hydrogen (secondary N) is 3. The van der Waals surface area contributed by atoms with Crippen LogP contribution in [0.3, 0.4) is 0 Å². The van der Waals surface area contributed by atoms with E-state index in [1.165, 1.54) is 0 Å². The summed E-state index contributed by atoms with van der Waals surface area (Å²) in [6.45, 7) is -11.4. The van der Waals surface area contributed by atoms with Gasteiger partial charge in [-0.3, -0.25) is 38.9 Å². The lowest BCUT2D eigenvalue weighted by molar-refractivity contribution is -0.148. The molecule has 512 valence electrons. The van der Waals surface area contributed by atoms with Crippen molar-refractivity contribution in [2.45, 2.75) is 128 Å². The summed E-state index contributed by atoms with van der Waals surface area (Å²) in [5.41, 5.74) is -15.0. The number of ether oxygens (including phenoxy) is 5. The van der Waals surface area contributed by atoms with Gasteiger partial charge in [-0.05, 0) is 11.1 Å². The van der Waals surface area contributed by atoms with Crippen molar-refractivity contribution in [3.63, 3.8) is 0 Å². The average Bonchev–Trinajstić information content (AvgIpc) is 0.791. The van der Waals surface area contributed by atoms with Crippen molar-refractivity contribution in [1.82, 2.24) is 56.1 Å². The number of hydrogen-bond donors (Lipinski definition) is 8. The zero-order valence-electron chi connectivity index (χ0n) is 50.0. The molecule has 6 aromatic rings. The fraction of sp³-hybridized carbons (Fsp3) is 0.455. The average molecular weight is 1340 g/mol. The highest BCUT2D eigenvalue weighted by atomic mass is 16.6. The van der Waals surface area contributed by atoms with Gasteiger partial charge in [-0.15, -0.1) is 0 Å². The molecular weight excluding hydrogens is 1280 g/mol. The van der Waals surface area contributed by atoms with Crippen LogP contribution >= 0.6 is 0 Å². The van der Waals surface area contributed by atoms with Crippen LogP contribution in [-0.4, -0.2) is 169 Å². The third-order valence-corrected chi connectivity index (χ3v) is 13.7. The Morgan fingerprint density at radius 3 is 0.800 bits per heavy atom. The van der Waals surface area contributed by atoms with Crippen LogP contribution in [0.4, 0.5) is 0 Å². The Balaban J connectivity index is 1.11. The van der Waals surface area contributed by atoms with Gasteiger partial charge >= 0.3 is 98.1 Å². The van der Waals surface area contributed by atoms with E-state index in [1.54, 1.807) is 60.7 Å². The molecule has 0 aliphatic rings. The van der Waals surface area contributed by atoms with E-state index >= 15 is 0 Å². The molecule has 0 bridgehead atoms. The number of hydrogen-bond acceptors (Lipinski definition) is 28. The van der Waals surface area contributed by atoms with E-state index in [-0.39, 0.29) is 20.1 Å². The van der Waals surface area contributed by atoms with Crippen molar-refractivity contribution in [3.8, 4) is 0 Å². The van der Waals surface area contributed by atoms with Gasteiger partial charge in [0.25, 0.3) is 0 Å². The molecule has 0 radical (unpaired) electrons. The number of H-pyrrole nitrogens is 3. The zero-order valence-corrected chi connectivity index (χ0v) is 50.0. The Bertz CT molecular complexity index is 4290. The highest BCUT2D eigenvalue weighted by molar-refractivity contribution is 5.70. The first-order chi connectivity index (χ1) is 45.2. The van der Waals surface area contributed by atoms with Crippen molar-refractivity contribution >= 4 is 36.1 Å². The van der Waals surface area contributed by atoms with Crippen molar-refractivity contribution in [1.29, 1.82) is 0 Å². The highest BCUT2D eigenvalue weighted by Gasteiger charge is 2.25. The molecule has 8 N–H and O–H groups in total. The number of benzene rings is 2. The molecule has 4 aromatic heterocycles. The van der Waals surface area contributed by atoms with Gasteiger partial charge in [0, 0.05) is 45.7 Å². The Morgan fingerprint density at radius 2 is 0.558 bits per heavy atom. The van der Waals surface area contributed by atoms with E-state index in [2.05, 4.69) is 0 Å². The lowest BCUT2D eigenvalue weighted by Gasteiger charge is -2.19. The van der Waals surface area contributed by atoms with Crippen LogP contribution in [0.1, 0.15) is 61.9 Å². The van der Waals surface area contributed by atoms with Crippen LogP contribution in [0.25, 0.3) is 0 Å². The number of aldehydes is 1. The van der Waals surface area contributed by atoms with Crippen LogP contribution < -0.4 is 68.3 Å². The summed E-state index contributed by atoms with van der Waals surface area (Å²) in [4.78, 5) is 235. The predicted molar refractivity (Wildman–Crippen MR) is 315 cm³/mol. The highest BCUT2D eigenvalue weighted by Crippen LogP contribution is 2.14. The Kier molecular flexibility index (Phi) is 26.5. The molecule has 5 atom stereocenters. The number of carbonyl (C=O) groups excluding carboxylic acids is 6. The largest absolute Gasteiger partial charge is 0.463 e. The topological polar surface area (TPSA) is 546 Å². The maximum absolute atomic E-state index is 13.9. The summed E-state index contributed by atoms with van der Waals surface area (Å²) in [5, 5.41) is 53.4. The van der Waals surface area contributed by atoms with Gasteiger partial charge in [-0.1, -0.05) is 60.7 Å². The quantitative estimate of drug-likeness (QED) is 0.0103. The Hall–Kier alpha value is -11.1. The molecular formula is C55H64N12O28. The van der Waals surface area contributed by atoms with Crippen LogP contribution in [0, 0.1) is 0 Å². The van der Waals surface area contributed by atoms with Gasteiger partial charge < -0.3 is 54.0 Å². The molecule has 0 fully saturated rings. The number of nitrogens with zero attached hydrogens (tertiary/aromatic N) is 9. The second kappa shape index (κ2) is 34.5. The van der Waals surface area contributed by atoms with E-state index in [0.717, 1.165) is 0 Å². The first kappa shape index (κ1) is 73.0. The van der Waals surface area contributed by atoms with Gasteiger partial charge in [0.05, 0.1) is 51.7 Å². The smallest absolute Gasteiger partial charge is 0.336 e. The fourth-order valence-electron chi connectivity index (χ4n) is 8.77. The van der Waals surface area contributed by atoms with Crippen LogP contribution in [0.5, 0.6) is 0 Å². The van der Waals surface area contributed by atoms with Gasteiger partial charge in [-0.25, -0.2) is 98.6 Å². The summed E-state index contributed by atoms with van der Waals surface area (Å²) >= 11 is 0. The second-order valence-corrected chi connectivity index (χ2v) is 20.6. The number of aromatic amines is 3. The molecule has 0 aliphatic carbocycles. The number of esters is 5. The molecule has 40 nitrogen and oxygen atoms in total. The predicted octanol–water partition coefficient (Wildman–Crippen LogP) is -8.89. The number of rotatable bonds is 36. The molecule has 6 rings (SSSR count). The zero-order chi connectivity index (χ0) is 69.6. The first-order valence-electron chi connectivity index (χ1n) is 28.7. The van der Waals surface area contributed by atoms with Gasteiger partial charge in [-0.2, -0.15) is 0 Å². The van der Waals surface area contributed by atoms with Gasteiger partial charge in [0.15, 0.2) is 0 Å². The third kappa shape index (κ3) is 20.4. The molecule has 0 saturated carbocycles. The van der Waals surface area contributed by atoms with Crippen molar-refractivity contribution < 1.29 is 78.0 Å². The lowest BCUT2D eigenvalue weighted by atomic mass is 10.1. The van der Waals surface area contributed by atoms with E-state index in [9.17, 15) is 112 Å². The molecule has 0 saturated heterocycles. The SMILES string of the molecule is O=CCCn1c(=O)[nH]c(=O)n(CCC(=O)OCC(O)Cn2c(=O)n(CC(O)COC(=O)CCn3c(=O)[nH]c(=O)n(CCC(=O)OCC(O)c4ccccc4)c3=O)c(=O)n(CC(O)COC(=O)CCn3c(=O)[nH]c(=O)n(CCC(=O)OCC(O)c4ccccc4)c3=O)c2=O)c1=O. The summed E-state index contributed by atoms with van der Waals surface area (Å²) in [6.07, 6.45) is -11.9. The Morgan fingerprint density at radius 1 is 0.337 bits per heavy atom. The minimum atomic E-state index is -2.04. The molecule has 0 amide bonds. The minimum absolute atomic E-state index is 0.165. The number of carbonyl (C=O) groups is 6. The molecule has 40 heteroatoms. The van der Waals surface area contributed by atoms with Crippen LogP contribution in [0.15, 0.2) is 118 Å². The lowest BCUT2D eigenvalue weighted by Crippen LogP contribution is -2.57. The fourth-order valence-corrected chi connectivity index (χ4v) is 8.77. The first-order valence-corrected chi connectivity index (χ1v) is 28.7. The number of aliphatic hydroxyl groups is 5. The molecule has 0 aliphatic heterocycles. The molecule has 95 heavy (non-hydrogen) atoms. The van der Waals surface area contributed by atoms with Crippen LogP contribution in [-0.2, 0) is 111 Å². The monoisotopic (exact) mass is 1340 g/mol. The third-order valence-electron chi connectivity index (χ3n) is 13.7. The summed E-state index contributed by atoms with van der Waals surface area (Å²) in [7, 11) is 0. The molecule has 2 aromatic carbocycles. The Labute approximate surface area is 527 Å². The summed E-state index contributed by atoms with van der Waals surface area (Å²) in [6, 6.07) is 16.3. The number of aliphatic hydroxyl groups excluding tert-OH is 5. The maximum Gasteiger partial charge on any atom is 0.336 e. The van der Waals surface area contributed by atoms with Crippen molar-refractivity contribution in [3.05, 3.63) is 198 Å². The van der Waals surface area contributed by atoms with Crippen molar-refractivity contribution in [2.75, 3.05) is 33.0 Å².